The summed E-state index contributed by atoms with van der Waals surface area (Å²) in [5, 5.41) is 11.7. The third kappa shape index (κ3) is 3.72. The SMILES string of the molecule is Cc1ccc(OCc2ccc(F)cc2C(N)=NO)c(Br)c1. The Kier molecular flexibility index (Phi) is 4.80. The summed E-state index contributed by atoms with van der Waals surface area (Å²) in [4.78, 5) is 0. The number of oxime groups is 1. The van der Waals surface area contributed by atoms with Crippen molar-refractivity contribution in [3.63, 3.8) is 0 Å². The fourth-order valence-corrected chi connectivity index (χ4v) is 2.45. The average molecular weight is 353 g/mol. The number of ether oxygens (including phenoxy) is 1. The number of nitrogens with zero attached hydrogens (tertiary/aromatic N) is 1. The lowest BCUT2D eigenvalue weighted by Gasteiger charge is -2.12. The Balaban J connectivity index is 2.24. The quantitative estimate of drug-likeness (QED) is 0.382. The van der Waals surface area contributed by atoms with E-state index >= 15 is 0 Å². The average Bonchev–Trinajstić information content (AvgIpc) is 2.46. The molecule has 0 amide bonds. The first-order valence-electron chi connectivity index (χ1n) is 6.16. The maximum atomic E-state index is 13.3. The highest BCUT2D eigenvalue weighted by Gasteiger charge is 2.10. The van der Waals surface area contributed by atoms with Gasteiger partial charge in [-0.2, -0.15) is 0 Å². The largest absolute Gasteiger partial charge is 0.488 e. The summed E-state index contributed by atoms with van der Waals surface area (Å²) in [5.74, 6) is 0.0447. The minimum Gasteiger partial charge on any atom is -0.488 e. The molecular weight excluding hydrogens is 339 g/mol. The standard InChI is InChI=1S/C15H14BrFN2O2/c1-9-2-5-14(13(16)6-9)21-8-10-3-4-11(17)7-12(10)15(18)19-20/h2-7,20H,8H2,1H3,(H2,18,19). The number of amidine groups is 1. The lowest BCUT2D eigenvalue weighted by molar-refractivity contribution is 0.303. The molecule has 21 heavy (non-hydrogen) atoms. The van der Waals surface area contributed by atoms with Gasteiger partial charge < -0.3 is 15.7 Å². The molecule has 6 heteroatoms. The zero-order chi connectivity index (χ0) is 15.4. The van der Waals surface area contributed by atoms with Crippen LogP contribution in [0.3, 0.4) is 0 Å². The molecule has 4 nitrogen and oxygen atoms in total. The van der Waals surface area contributed by atoms with E-state index in [1.807, 2.05) is 25.1 Å². The molecule has 0 saturated heterocycles. The highest BCUT2D eigenvalue weighted by Crippen LogP contribution is 2.27. The molecule has 0 atom stereocenters. The van der Waals surface area contributed by atoms with Crippen LogP contribution in [0.2, 0.25) is 0 Å². The Morgan fingerprint density at radius 2 is 2.10 bits per heavy atom. The van der Waals surface area contributed by atoms with Gasteiger partial charge in [0.2, 0.25) is 0 Å². The molecule has 0 unspecified atom stereocenters. The summed E-state index contributed by atoms with van der Waals surface area (Å²) in [6, 6.07) is 9.76. The molecule has 0 aliphatic heterocycles. The predicted octanol–water partition coefficient (Wildman–Crippen LogP) is 3.57. The number of nitrogens with two attached hydrogens (primary N) is 1. The van der Waals surface area contributed by atoms with Gasteiger partial charge in [0.1, 0.15) is 18.2 Å². The van der Waals surface area contributed by atoms with Crippen LogP contribution in [0, 0.1) is 12.7 Å². The zero-order valence-electron chi connectivity index (χ0n) is 11.3. The molecule has 2 rings (SSSR count). The Morgan fingerprint density at radius 3 is 2.76 bits per heavy atom. The van der Waals surface area contributed by atoms with Gasteiger partial charge in [-0.25, -0.2) is 4.39 Å². The molecule has 2 aromatic rings. The van der Waals surface area contributed by atoms with Crippen LogP contribution in [-0.2, 0) is 6.61 Å². The fraction of sp³-hybridized carbons (Fsp3) is 0.133. The van der Waals surface area contributed by atoms with Crippen molar-refractivity contribution in [2.24, 2.45) is 10.9 Å². The van der Waals surface area contributed by atoms with E-state index in [-0.39, 0.29) is 12.4 Å². The van der Waals surface area contributed by atoms with Crippen LogP contribution in [0.4, 0.5) is 4.39 Å². The Bertz CT molecular complexity index is 689. The van der Waals surface area contributed by atoms with Crippen molar-refractivity contribution < 1.29 is 14.3 Å². The zero-order valence-corrected chi connectivity index (χ0v) is 12.9. The number of halogens is 2. The number of hydrogen-bond acceptors (Lipinski definition) is 3. The van der Waals surface area contributed by atoms with Crippen LogP contribution in [0.5, 0.6) is 5.75 Å². The second-order valence-electron chi connectivity index (χ2n) is 4.51. The van der Waals surface area contributed by atoms with E-state index in [0.29, 0.717) is 16.9 Å². The van der Waals surface area contributed by atoms with Gasteiger partial charge in [-0.1, -0.05) is 17.3 Å². The van der Waals surface area contributed by atoms with Gasteiger partial charge in [-0.15, -0.1) is 0 Å². The van der Waals surface area contributed by atoms with Crippen molar-refractivity contribution in [3.05, 3.63) is 63.4 Å². The molecule has 3 N–H and O–H groups in total. The van der Waals surface area contributed by atoms with Gasteiger partial charge in [-0.05, 0) is 52.7 Å². The second kappa shape index (κ2) is 6.58. The normalized spacial score (nSPS) is 11.5. The van der Waals surface area contributed by atoms with Crippen molar-refractivity contribution in [2.75, 3.05) is 0 Å². The van der Waals surface area contributed by atoms with Crippen molar-refractivity contribution >= 4 is 21.8 Å². The first-order chi connectivity index (χ1) is 10.0. The smallest absolute Gasteiger partial charge is 0.170 e. The van der Waals surface area contributed by atoms with Crippen molar-refractivity contribution in [1.82, 2.24) is 0 Å². The molecule has 0 fully saturated rings. The van der Waals surface area contributed by atoms with Gasteiger partial charge in [0.15, 0.2) is 5.84 Å². The van der Waals surface area contributed by atoms with Crippen LogP contribution >= 0.6 is 15.9 Å². The first kappa shape index (κ1) is 15.3. The summed E-state index contributed by atoms with van der Waals surface area (Å²) in [6.45, 7) is 2.15. The van der Waals surface area contributed by atoms with Gasteiger partial charge in [0.05, 0.1) is 4.47 Å². The number of aryl methyl sites for hydroxylation is 1. The maximum Gasteiger partial charge on any atom is 0.170 e. The maximum absolute atomic E-state index is 13.3. The van der Waals surface area contributed by atoms with Crippen LogP contribution in [0.15, 0.2) is 46.0 Å². The monoisotopic (exact) mass is 352 g/mol. The molecule has 0 spiro atoms. The Hall–Kier alpha value is -2.08. The first-order valence-corrected chi connectivity index (χ1v) is 6.96. The van der Waals surface area contributed by atoms with Gasteiger partial charge in [0.25, 0.3) is 0 Å². The predicted molar refractivity (Wildman–Crippen MR) is 82.1 cm³/mol. The van der Waals surface area contributed by atoms with E-state index in [0.717, 1.165) is 10.0 Å². The number of rotatable bonds is 4. The van der Waals surface area contributed by atoms with Gasteiger partial charge in [0, 0.05) is 11.1 Å². The lowest BCUT2D eigenvalue weighted by atomic mass is 10.1. The van der Waals surface area contributed by atoms with Crippen molar-refractivity contribution in [3.8, 4) is 5.75 Å². The van der Waals surface area contributed by atoms with Gasteiger partial charge in [-0.3, -0.25) is 0 Å². The Morgan fingerprint density at radius 1 is 1.33 bits per heavy atom. The van der Waals surface area contributed by atoms with E-state index in [4.69, 9.17) is 15.7 Å². The molecule has 0 aliphatic carbocycles. The minimum absolute atomic E-state index is 0.156. The van der Waals surface area contributed by atoms with Crippen LogP contribution in [-0.4, -0.2) is 11.0 Å². The second-order valence-corrected chi connectivity index (χ2v) is 5.36. The lowest BCUT2D eigenvalue weighted by Crippen LogP contribution is -2.17. The fourth-order valence-electron chi connectivity index (χ4n) is 1.85. The molecule has 0 heterocycles. The summed E-state index contributed by atoms with van der Waals surface area (Å²) in [6.07, 6.45) is 0. The molecular formula is C15H14BrFN2O2. The van der Waals surface area contributed by atoms with E-state index in [1.54, 1.807) is 6.07 Å². The minimum atomic E-state index is -0.461. The topological polar surface area (TPSA) is 67.8 Å². The van der Waals surface area contributed by atoms with Crippen LogP contribution < -0.4 is 10.5 Å². The van der Waals surface area contributed by atoms with Gasteiger partial charge >= 0.3 is 0 Å². The molecule has 0 radical (unpaired) electrons. The number of hydrogen-bond donors (Lipinski definition) is 2. The van der Waals surface area contributed by atoms with Crippen molar-refractivity contribution in [2.45, 2.75) is 13.5 Å². The third-order valence-electron chi connectivity index (χ3n) is 2.93. The highest BCUT2D eigenvalue weighted by molar-refractivity contribution is 9.10. The summed E-state index contributed by atoms with van der Waals surface area (Å²) >= 11 is 3.42. The molecule has 110 valence electrons. The molecule has 0 saturated carbocycles. The van der Waals surface area contributed by atoms with Crippen molar-refractivity contribution in [1.29, 1.82) is 0 Å². The molecule has 0 bridgehead atoms. The molecule has 0 aliphatic rings. The van der Waals surface area contributed by atoms with Crippen LogP contribution in [0.1, 0.15) is 16.7 Å². The number of benzene rings is 2. The molecule has 0 aromatic heterocycles. The van der Waals surface area contributed by atoms with E-state index in [1.165, 1.54) is 12.1 Å². The van der Waals surface area contributed by atoms with E-state index in [9.17, 15) is 4.39 Å². The highest BCUT2D eigenvalue weighted by atomic mass is 79.9. The van der Waals surface area contributed by atoms with Crippen LogP contribution in [0.25, 0.3) is 0 Å². The van der Waals surface area contributed by atoms with E-state index in [2.05, 4.69) is 21.1 Å². The molecule has 2 aromatic carbocycles. The summed E-state index contributed by atoms with van der Waals surface area (Å²) in [7, 11) is 0. The van der Waals surface area contributed by atoms with E-state index < -0.39 is 5.82 Å². The Labute approximate surface area is 130 Å². The summed E-state index contributed by atoms with van der Waals surface area (Å²) < 4.78 is 19.8. The third-order valence-corrected chi connectivity index (χ3v) is 3.55. The summed E-state index contributed by atoms with van der Waals surface area (Å²) in [5.41, 5.74) is 7.59.